The third-order valence-electron chi connectivity index (χ3n) is 7.16. The molecule has 3 aliphatic heterocycles. The Hall–Kier alpha value is -3.06. The van der Waals surface area contributed by atoms with Crippen LogP contribution in [0, 0.1) is 23.6 Å². The normalized spacial score (nSPS) is 30.0. The molecule has 2 saturated heterocycles. The predicted molar refractivity (Wildman–Crippen MR) is 112 cm³/mol. The van der Waals surface area contributed by atoms with Crippen LogP contribution in [0.1, 0.15) is 31.4 Å². The largest absolute Gasteiger partial charge is 0.324 e. The van der Waals surface area contributed by atoms with Gasteiger partial charge in [-0.25, -0.2) is 4.39 Å². The molecule has 3 amide bonds. The average molecular weight is 421 g/mol. The number of rotatable bonds is 4. The third-order valence-corrected chi connectivity index (χ3v) is 7.16. The number of carbonyl (C=O) groups excluding carboxylic acids is 3. The summed E-state index contributed by atoms with van der Waals surface area (Å²) in [5, 5.41) is 6.35. The van der Waals surface area contributed by atoms with E-state index in [4.69, 9.17) is 0 Å². The molecule has 5 rings (SSSR count). The van der Waals surface area contributed by atoms with Gasteiger partial charge in [0.15, 0.2) is 0 Å². The molecule has 1 spiro atoms. The van der Waals surface area contributed by atoms with Crippen LogP contribution in [-0.2, 0) is 26.5 Å². The minimum absolute atomic E-state index is 0.0670. The quantitative estimate of drug-likeness (QED) is 0.745. The highest BCUT2D eigenvalue weighted by molar-refractivity contribution is 6.15. The van der Waals surface area contributed by atoms with Gasteiger partial charge in [-0.3, -0.25) is 24.6 Å². The van der Waals surface area contributed by atoms with Gasteiger partial charge in [0.25, 0.3) is 0 Å². The molecule has 2 aromatic rings. The molecule has 6 nitrogen and oxygen atoms in total. The number of imide groups is 1. The topological polar surface area (TPSA) is 78.5 Å². The molecule has 2 fully saturated rings. The van der Waals surface area contributed by atoms with Gasteiger partial charge in [0.1, 0.15) is 11.4 Å². The summed E-state index contributed by atoms with van der Waals surface area (Å²) in [7, 11) is 0. The molecule has 2 N–H and O–H groups in total. The number of halogens is 1. The first-order valence-electron chi connectivity index (χ1n) is 10.7. The van der Waals surface area contributed by atoms with Crippen LogP contribution in [0.15, 0.2) is 48.5 Å². The van der Waals surface area contributed by atoms with Crippen molar-refractivity contribution >= 4 is 23.4 Å². The van der Waals surface area contributed by atoms with E-state index in [2.05, 4.69) is 10.6 Å². The third kappa shape index (κ3) is 2.69. The Morgan fingerprint density at radius 2 is 1.77 bits per heavy atom. The smallest absolute Gasteiger partial charge is 0.250 e. The Kier molecular flexibility index (Phi) is 4.48. The van der Waals surface area contributed by atoms with Gasteiger partial charge in [0.2, 0.25) is 17.7 Å². The summed E-state index contributed by atoms with van der Waals surface area (Å²) in [4.78, 5) is 41.7. The van der Waals surface area contributed by atoms with Gasteiger partial charge in [-0.05, 0) is 29.7 Å². The molecule has 31 heavy (non-hydrogen) atoms. The lowest BCUT2D eigenvalue weighted by Gasteiger charge is -2.30. The van der Waals surface area contributed by atoms with Crippen LogP contribution < -0.4 is 10.6 Å². The monoisotopic (exact) mass is 421 g/mol. The number of amides is 3. The van der Waals surface area contributed by atoms with E-state index in [1.807, 2.05) is 38.1 Å². The molecule has 5 atom stereocenters. The highest BCUT2D eigenvalue weighted by Gasteiger charge is 2.70. The van der Waals surface area contributed by atoms with Gasteiger partial charge < -0.3 is 5.32 Å². The minimum atomic E-state index is -1.26. The SMILES string of the molecule is CCC(C)C1NC2(C(=O)Nc3ccccc32)[C@@H]2C(=O)N(Cc3ccc(F)cc3)C(=O)[C@H]12. The van der Waals surface area contributed by atoms with Crippen LogP contribution in [0.2, 0.25) is 0 Å². The first-order valence-corrected chi connectivity index (χ1v) is 10.7. The van der Waals surface area contributed by atoms with Gasteiger partial charge in [-0.2, -0.15) is 0 Å². The number of benzene rings is 2. The molecule has 0 radical (unpaired) electrons. The first kappa shape index (κ1) is 19.9. The highest BCUT2D eigenvalue weighted by atomic mass is 19.1. The number of anilines is 1. The van der Waals surface area contributed by atoms with Crippen molar-refractivity contribution in [2.24, 2.45) is 17.8 Å². The molecule has 160 valence electrons. The molecule has 2 aromatic carbocycles. The zero-order chi connectivity index (χ0) is 21.9. The summed E-state index contributed by atoms with van der Waals surface area (Å²) in [6, 6.07) is 12.8. The van der Waals surface area contributed by atoms with Gasteiger partial charge >= 0.3 is 0 Å². The van der Waals surface area contributed by atoms with E-state index in [1.165, 1.54) is 17.0 Å². The number of likely N-dealkylation sites (tertiary alicyclic amines) is 1. The van der Waals surface area contributed by atoms with Crippen LogP contribution in [-0.4, -0.2) is 28.7 Å². The fourth-order valence-electron chi connectivity index (χ4n) is 5.42. The maximum Gasteiger partial charge on any atom is 0.250 e. The number of para-hydroxylation sites is 1. The van der Waals surface area contributed by atoms with Crippen molar-refractivity contribution in [3.05, 3.63) is 65.5 Å². The average Bonchev–Trinajstić information content (AvgIpc) is 3.36. The first-order chi connectivity index (χ1) is 14.9. The number of hydrogen-bond donors (Lipinski definition) is 2. The number of fused-ring (bicyclic) bond motifs is 4. The van der Waals surface area contributed by atoms with Gasteiger partial charge in [0, 0.05) is 17.3 Å². The fourth-order valence-corrected chi connectivity index (χ4v) is 5.42. The number of carbonyl (C=O) groups is 3. The van der Waals surface area contributed by atoms with Crippen molar-refractivity contribution in [1.82, 2.24) is 10.2 Å². The molecule has 3 aliphatic rings. The maximum absolute atomic E-state index is 13.7. The summed E-state index contributed by atoms with van der Waals surface area (Å²) in [5.74, 6) is -2.65. The Balaban J connectivity index is 1.60. The second-order valence-corrected chi connectivity index (χ2v) is 8.76. The molecule has 0 bridgehead atoms. The predicted octanol–water partition coefficient (Wildman–Crippen LogP) is 2.79. The molecule has 0 aliphatic carbocycles. The van der Waals surface area contributed by atoms with E-state index < -0.39 is 17.4 Å². The Morgan fingerprint density at radius 1 is 1.06 bits per heavy atom. The summed E-state index contributed by atoms with van der Waals surface area (Å²) in [6.07, 6.45) is 0.805. The van der Waals surface area contributed by atoms with Gasteiger partial charge in [-0.15, -0.1) is 0 Å². The molecular weight excluding hydrogens is 397 g/mol. The lowest BCUT2D eigenvalue weighted by atomic mass is 9.75. The van der Waals surface area contributed by atoms with Crippen molar-refractivity contribution in [2.45, 2.75) is 38.4 Å². The van der Waals surface area contributed by atoms with Gasteiger partial charge in [0.05, 0.1) is 18.4 Å². The maximum atomic E-state index is 13.7. The molecule has 3 unspecified atom stereocenters. The van der Waals surface area contributed by atoms with Crippen LogP contribution >= 0.6 is 0 Å². The van der Waals surface area contributed by atoms with E-state index in [-0.39, 0.29) is 42.0 Å². The molecule has 0 aromatic heterocycles. The highest BCUT2D eigenvalue weighted by Crippen LogP contribution is 2.54. The summed E-state index contributed by atoms with van der Waals surface area (Å²) >= 11 is 0. The second kappa shape index (κ2) is 6.99. The van der Waals surface area contributed by atoms with Crippen molar-refractivity contribution in [2.75, 3.05) is 5.32 Å². The van der Waals surface area contributed by atoms with E-state index in [1.54, 1.807) is 12.1 Å². The fraction of sp³-hybridized carbons (Fsp3) is 0.375. The molecule has 0 saturated carbocycles. The standard InChI is InChI=1S/C24H24FN3O3/c1-3-13(2)20-18-19(24(27-20)16-6-4-5-7-17(16)26-23(24)31)22(30)28(21(18)29)12-14-8-10-15(25)11-9-14/h4-11,13,18-20,27H,3,12H2,1-2H3,(H,26,31)/t13?,18-,19-,20?,24?/m0/s1. The Labute approximate surface area is 179 Å². The number of nitrogens with one attached hydrogen (secondary N) is 2. The number of hydrogen-bond acceptors (Lipinski definition) is 4. The summed E-state index contributed by atoms with van der Waals surface area (Å²) in [6.45, 7) is 4.14. The summed E-state index contributed by atoms with van der Waals surface area (Å²) < 4.78 is 13.3. The van der Waals surface area contributed by atoms with Crippen molar-refractivity contribution in [1.29, 1.82) is 0 Å². The van der Waals surface area contributed by atoms with Crippen LogP contribution in [0.25, 0.3) is 0 Å². The zero-order valence-corrected chi connectivity index (χ0v) is 17.4. The Morgan fingerprint density at radius 3 is 2.48 bits per heavy atom. The molecule has 3 heterocycles. The molecular formula is C24H24FN3O3. The number of nitrogens with zero attached hydrogens (tertiary/aromatic N) is 1. The van der Waals surface area contributed by atoms with Crippen LogP contribution in [0.4, 0.5) is 10.1 Å². The zero-order valence-electron chi connectivity index (χ0n) is 17.4. The second-order valence-electron chi connectivity index (χ2n) is 8.76. The lowest BCUT2D eigenvalue weighted by molar-refractivity contribution is -0.143. The summed E-state index contributed by atoms with van der Waals surface area (Å²) in [5.41, 5.74) is 0.785. The van der Waals surface area contributed by atoms with E-state index in [0.717, 1.165) is 6.42 Å². The lowest BCUT2D eigenvalue weighted by Crippen LogP contribution is -2.54. The van der Waals surface area contributed by atoms with Gasteiger partial charge in [-0.1, -0.05) is 50.6 Å². The van der Waals surface area contributed by atoms with Crippen molar-refractivity contribution < 1.29 is 18.8 Å². The van der Waals surface area contributed by atoms with Crippen LogP contribution in [0.3, 0.4) is 0 Å². The van der Waals surface area contributed by atoms with E-state index in [9.17, 15) is 18.8 Å². The minimum Gasteiger partial charge on any atom is -0.324 e. The van der Waals surface area contributed by atoms with Crippen molar-refractivity contribution in [3.63, 3.8) is 0 Å². The van der Waals surface area contributed by atoms with E-state index in [0.29, 0.717) is 16.8 Å². The van der Waals surface area contributed by atoms with Crippen LogP contribution in [0.5, 0.6) is 0 Å². The molecule has 7 heteroatoms. The van der Waals surface area contributed by atoms with Crippen molar-refractivity contribution in [3.8, 4) is 0 Å². The van der Waals surface area contributed by atoms with E-state index >= 15 is 0 Å². The Bertz CT molecular complexity index is 1090.